The molecule has 0 aromatic heterocycles. The fourth-order valence-electron chi connectivity index (χ4n) is 1.92. The van der Waals surface area contributed by atoms with Crippen LogP contribution in [0.5, 0.6) is 0 Å². The second kappa shape index (κ2) is 3.73. The maximum atomic E-state index is 5.72. The highest BCUT2D eigenvalue weighted by Crippen LogP contribution is 2.28. The van der Waals surface area contributed by atoms with E-state index in [1.54, 1.807) is 0 Å². The van der Waals surface area contributed by atoms with Crippen LogP contribution in [0.2, 0.25) is 0 Å². The first kappa shape index (κ1) is 8.48. The van der Waals surface area contributed by atoms with Crippen molar-refractivity contribution < 1.29 is 9.47 Å². The monoisotopic (exact) mass is 171 g/mol. The third kappa shape index (κ3) is 1.79. The first-order valence-electron chi connectivity index (χ1n) is 4.90. The molecule has 0 atom stereocenters. The summed E-state index contributed by atoms with van der Waals surface area (Å²) in [5, 5.41) is 3.36. The molecule has 0 radical (unpaired) electrons. The summed E-state index contributed by atoms with van der Waals surface area (Å²) in [6, 6.07) is 0. The molecule has 0 aromatic rings. The van der Waals surface area contributed by atoms with Gasteiger partial charge in [0.15, 0.2) is 5.79 Å². The SMILES string of the molecule is C1COC2(CCCNCC2)OC1. The fraction of sp³-hybridized carbons (Fsp3) is 1.00. The molecule has 1 N–H and O–H groups in total. The van der Waals surface area contributed by atoms with Gasteiger partial charge in [0.2, 0.25) is 0 Å². The normalized spacial score (nSPS) is 30.0. The van der Waals surface area contributed by atoms with Crippen molar-refractivity contribution in [1.29, 1.82) is 0 Å². The Hall–Kier alpha value is -0.120. The van der Waals surface area contributed by atoms with Crippen molar-refractivity contribution in [3.05, 3.63) is 0 Å². The molecule has 2 saturated heterocycles. The van der Waals surface area contributed by atoms with E-state index in [9.17, 15) is 0 Å². The zero-order valence-electron chi connectivity index (χ0n) is 7.47. The van der Waals surface area contributed by atoms with E-state index in [0.29, 0.717) is 0 Å². The third-order valence-corrected chi connectivity index (χ3v) is 2.61. The summed E-state index contributed by atoms with van der Waals surface area (Å²) >= 11 is 0. The maximum absolute atomic E-state index is 5.72. The number of ether oxygens (including phenoxy) is 2. The molecule has 0 aliphatic carbocycles. The van der Waals surface area contributed by atoms with E-state index in [-0.39, 0.29) is 5.79 Å². The smallest absolute Gasteiger partial charge is 0.169 e. The van der Waals surface area contributed by atoms with E-state index >= 15 is 0 Å². The summed E-state index contributed by atoms with van der Waals surface area (Å²) in [5.41, 5.74) is 0. The van der Waals surface area contributed by atoms with Gasteiger partial charge in [-0.05, 0) is 19.4 Å². The van der Waals surface area contributed by atoms with Crippen LogP contribution in [0.1, 0.15) is 25.7 Å². The topological polar surface area (TPSA) is 30.5 Å². The van der Waals surface area contributed by atoms with Gasteiger partial charge in [-0.15, -0.1) is 0 Å². The molecular weight excluding hydrogens is 154 g/mol. The molecule has 0 unspecified atom stereocenters. The van der Waals surface area contributed by atoms with Gasteiger partial charge in [0.05, 0.1) is 13.2 Å². The van der Waals surface area contributed by atoms with Crippen LogP contribution in [0.3, 0.4) is 0 Å². The van der Waals surface area contributed by atoms with Gasteiger partial charge in [-0.1, -0.05) is 0 Å². The van der Waals surface area contributed by atoms with Gasteiger partial charge in [0, 0.05) is 19.4 Å². The molecule has 2 fully saturated rings. The highest BCUT2D eigenvalue weighted by molar-refractivity contribution is 4.77. The van der Waals surface area contributed by atoms with E-state index < -0.39 is 0 Å². The largest absolute Gasteiger partial charge is 0.350 e. The highest BCUT2D eigenvalue weighted by atomic mass is 16.7. The van der Waals surface area contributed by atoms with Crippen LogP contribution in [0, 0.1) is 0 Å². The van der Waals surface area contributed by atoms with Gasteiger partial charge in [-0.2, -0.15) is 0 Å². The molecule has 70 valence electrons. The summed E-state index contributed by atoms with van der Waals surface area (Å²) < 4.78 is 11.4. The van der Waals surface area contributed by atoms with Crippen molar-refractivity contribution >= 4 is 0 Å². The van der Waals surface area contributed by atoms with Crippen LogP contribution in [0.15, 0.2) is 0 Å². The van der Waals surface area contributed by atoms with Crippen LogP contribution < -0.4 is 5.32 Å². The lowest BCUT2D eigenvalue weighted by atomic mass is 10.1. The molecule has 2 rings (SSSR count). The zero-order valence-corrected chi connectivity index (χ0v) is 7.47. The predicted octanol–water partition coefficient (Wildman–Crippen LogP) is 0.893. The van der Waals surface area contributed by atoms with Gasteiger partial charge >= 0.3 is 0 Å². The molecular formula is C9H17NO2. The van der Waals surface area contributed by atoms with E-state index in [1.165, 1.54) is 6.42 Å². The van der Waals surface area contributed by atoms with Crippen LogP contribution in [0.25, 0.3) is 0 Å². The quantitative estimate of drug-likeness (QED) is 0.587. The Kier molecular flexibility index (Phi) is 2.63. The third-order valence-electron chi connectivity index (χ3n) is 2.61. The second-order valence-electron chi connectivity index (χ2n) is 3.56. The Morgan fingerprint density at radius 2 is 1.75 bits per heavy atom. The summed E-state index contributed by atoms with van der Waals surface area (Å²) in [6.45, 7) is 3.88. The summed E-state index contributed by atoms with van der Waals surface area (Å²) in [5.74, 6) is -0.220. The Labute approximate surface area is 73.4 Å². The molecule has 12 heavy (non-hydrogen) atoms. The first-order chi connectivity index (χ1) is 5.91. The maximum Gasteiger partial charge on any atom is 0.169 e. The van der Waals surface area contributed by atoms with E-state index in [1.807, 2.05) is 0 Å². The lowest BCUT2D eigenvalue weighted by Gasteiger charge is -2.36. The highest BCUT2D eigenvalue weighted by Gasteiger charge is 2.34. The van der Waals surface area contributed by atoms with Crippen molar-refractivity contribution in [2.45, 2.75) is 31.5 Å². The molecule has 0 saturated carbocycles. The minimum atomic E-state index is -0.220. The summed E-state index contributed by atoms with van der Waals surface area (Å²) in [4.78, 5) is 0. The molecule has 0 bridgehead atoms. The second-order valence-corrected chi connectivity index (χ2v) is 3.56. The van der Waals surface area contributed by atoms with Gasteiger partial charge in [0.1, 0.15) is 0 Å². The number of nitrogens with one attached hydrogen (secondary N) is 1. The standard InChI is InChI=1S/C9H17NO2/c1-3-9(4-6-10-5-1)11-7-2-8-12-9/h10H,1-8H2. The van der Waals surface area contributed by atoms with Crippen LogP contribution in [-0.2, 0) is 9.47 Å². The summed E-state index contributed by atoms with van der Waals surface area (Å²) in [6.07, 6.45) is 4.28. The fourth-order valence-corrected chi connectivity index (χ4v) is 1.92. The zero-order chi connectivity index (χ0) is 8.28. The van der Waals surface area contributed by atoms with Crippen molar-refractivity contribution in [2.24, 2.45) is 0 Å². The van der Waals surface area contributed by atoms with E-state index in [2.05, 4.69) is 5.32 Å². The molecule has 2 aliphatic heterocycles. The minimum Gasteiger partial charge on any atom is -0.350 e. The minimum absolute atomic E-state index is 0.220. The van der Waals surface area contributed by atoms with Crippen molar-refractivity contribution in [1.82, 2.24) is 5.32 Å². The number of hydrogen-bond donors (Lipinski definition) is 1. The molecule has 0 amide bonds. The predicted molar refractivity (Wildman–Crippen MR) is 46.0 cm³/mol. The molecule has 1 spiro atoms. The number of hydrogen-bond acceptors (Lipinski definition) is 3. The van der Waals surface area contributed by atoms with Crippen LogP contribution in [0.4, 0.5) is 0 Å². The van der Waals surface area contributed by atoms with Crippen molar-refractivity contribution in [3.63, 3.8) is 0 Å². The molecule has 0 aromatic carbocycles. The molecule has 3 nitrogen and oxygen atoms in total. The van der Waals surface area contributed by atoms with Gasteiger partial charge in [0.25, 0.3) is 0 Å². The number of rotatable bonds is 0. The summed E-state index contributed by atoms with van der Waals surface area (Å²) in [7, 11) is 0. The lowest BCUT2D eigenvalue weighted by molar-refractivity contribution is -0.270. The Balaban J connectivity index is 1.95. The van der Waals surface area contributed by atoms with Crippen LogP contribution in [-0.4, -0.2) is 32.1 Å². The first-order valence-corrected chi connectivity index (χ1v) is 4.90. The lowest BCUT2D eigenvalue weighted by Crippen LogP contribution is -2.41. The Morgan fingerprint density at radius 1 is 0.917 bits per heavy atom. The van der Waals surface area contributed by atoms with E-state index in [4.69, 9.17) is 9.47 Å². The Morgan fingerprint density at radius 3 is 2.58 bits per heavy atom. The molecule has 2 aliphatic rings. The van der Waals surface area contributed by atoms with Gasteiger partial charge in [-0.25, -0.2) is 0 Å². The average molecular weight is 171 g/mol. The molecule has 3 heteroatoms. The molecule has 2 heterocycles. The average Bonchev–Trinajstić information content (AvgIpc) is 2.33. The van der Waals surface area contributed by atoms with Gasteiger partial charge in [-0.3, -0.25) is 0 Å². The van der Waals surface area contributed by atoms with Crippen LogP contribution >= 0.6 is 0 Å². The van der Waals surface area contributed by atoms with Crippen molar-refractivity contribution in [3.8, 4) is 0 Å². The Bertz CT molecular complexity index is 133. The van der Waals surface area contributed by atoms with Gasteiger partial charge < -0.3 is 14.8 Å². The van der Waals surface area contributed by atoms with Crippen molar-refractivity contribution in [2.75, 3.05) is 26.3 Å². The van der Waals surface area contributed by atoms with E-state index in [0.717, 1.165) is 45.6 Å².